The van der Waals surface area contributed by atoms with Gasteiger partial charge in [0.25, 0.3) is 0 Å². The minimum atomic E-state index is 0.294. The molecular formula is C26H28BrN5O2. The van der Waals surface area contributed by atoms with Crippen LogP contribution in [0.5, 0.6) is 0 Å². The molecule has 1 unspecified atom stereocenters. The van der Waals surface area contributed by atoms with Crippen molar-refractivity contribution in [3.8, 4) is 22.9 Å². The number of rotatable bonds is 0. The highest BCUT2D eigenvalue weighted by Crippen LogP contribution is 2.36. The van der Waals surface area contributed by atoms with Gasteiger partial charge in [-0.2, -0.15) is 0 Å². The first-order valence-corrected chi connectivity index (χ1v) is 12.9. The summed E-state index contributed by atoms with van der Waals surface area (Å²) in [4.78, 5) is 9.40. The van der Waals surface area contributed by atoms with Crippen LogP contribution in [-0.4, -0.2) is 54.1 Å². The van der Waals surface area contributed by atoms with Gasteiger partial charge < -0.3 is 19.0 Å². The molecule has 7 nitrogen and oxygen atoms in total. The number of fused-ring (bicyclic) bond motifs is 4. The Morgan fingerprint density at radius 3 is 2.74 bits per heavy atom. The van der Waals surface area contributed by atoms with E-state index in [4.69, 9.17) is 9.15 Å². The summed E-state index contributed by atoms with van der Waals surface area (Å²) in [5, 5.41) is 8.83. The molecule has 8 bridgehead atoms. The van der Waals surface area contributed by atoms with E-state index in [0.29, 0.717) is 30.4 Å². The van der Waals surface area contributed by atoms with Crippen molar-refractivity contribution in [2.75, 3.05) is 42.6 Å². The van der Waals surface area contributed by atoms with Crippen molar-refractivity contribution in [1.82, 2.24) is 15.2 Å². The van der Waals surface area contributed by atoms with Gasteiger partial charge in [-0.15, -0.1) is 10.2 Å². The fourth-order valence-corrected chi connectivity index (χ4v) is 5.55. The van der Waals surface area contributed by atoms with Gasteiger partial charge in [0.05, 0.1) is 24.0 Å². The number of ether oxygens (including phenoxy) is 1. The van der Waals surface area contributed by atoms with E-state index in [1.165, 1.54) is 6.42 Å². The highest BCUT2D eigenvalue weighted by Gasteiger charge is 2.25. The van der Waals surface area contributed by atoms with Crippen molar-refractivity contribution in [1.29, 1.82) is 0 Å². The number of halogens is 1. The van der Waals surface area contributed by atoms with Crippen LogP contribution in [0, 0.1) is 5.92 Å². The molecule has 1 atom stereocenters. The second kappa shape index (κ2) is 9.50. The van der Waals surface area contributed by atoms with E-state index in [1.807, 2.05) is 18.3 Å². The Morgan fingerprint density at radius 2 is 1.82 bits per heavy atom. The Bertz CT molecular complexity index is 1190. The molecule has 2 aromatic heterocycles. The van der Waals surface area contributed by atoms with Crippen LogP contribution < -0.4 is 9.80 Å². The second-order valence-corrected chi connectivity index (χ2v) is 10.2. The Kier molecular flexibility index (Phi) is 6.09. The van der Waals surface area contributed by atoms with E-state index in [1.54, 1.807) is 0 Å². The van der Waals surface area contributed by atoms with Crippen molar-refractivity contribution in [3.05, 3.63) is 53.2 Å². The number of piperidine rings is 2. The Hall–Kier alpha value is -2.71. The fourth-order valence-electron chi connectivity index (χ4n) is 5.20. The van der Waals surface area contributed by atoms with Crippen molar-refractivity contribution in [2.24, 2.45) is 5.92 Å². The highest BCUT2D eigenvalue weighted by molar-refractivity contribution is 9.10. The van der Waals surface area contributed by atoms with Crippen LogP contribution in [0.4, 0.5) is 11.5 Å². The molecule has 4 aliphatic heterocycles. The Labute approximate surface area is 208 Å². The molecule has 0 aliphatic carbocycles. The number of hydrogen-bond acceptors (Lipinski definition) is 7. The molecule has 0 saturated carbocycles. The van der Waals surface area contributed by atoms with E-state index in [0.717, 1.165) is 72.5 Å². The lowest BCUT2D eigenvalue weighted by Crippen LogP contribution is -2.37. The molecule has 2 fully saturated rings. The third-order valence-corrected chi connectivity index (χ3v) is 7.50. The number of anilines is 2. The van der Waals surface area contributed by atoms with Gasteiger partial charge in [-0.3, -0.25) is 0 Å². The molecule has 176 valence electrons. The van der Waals surface area contributed by atoms with E-state index in [2.05, 4.69) is 71.3 Å². The lowest BCUT2D eigenvalue weighted by molar-refractivity contribution is 0.0560. The first-order valence-electron chi connectivity index (χ1n) is 12.1. The van der Waals surface area contributed by atoms with Crippen LogP contribution in [0.3, 0.4) is 0 Å². The van der Waals surface area contributed by atoms with Crippen LogP contribution in [-0.2, 0) is 4.74 Å². The number of aromatic nitrogens is 3. The van der Waals surface area contributed by atoms with Crippen LogP contribution in [0.25, 0.3) is 22.9 Å². The standard InChI is InChI=1S/C26H28BrN5O2/c27-20-5-6-22-23(16-20)31-12-8-21(9-13-31)33-14-2-4-18-3-1-11-32(17-18)24-15-19(7-10-28-24)25-29-30-26(22)34-25/h2,4-7,10,15-16,18,21H,1,3,8-9,11-14,17H2/b4-2+. The number of hydrogen-bond donors (Lipinski definition) is 0. The maximum absolute atomic E-state index is 6.22. The lowest BCUT2D eigenvalue weighted by Gasteiger charge is -2.34. The molecule has 0 radical (unpaired) electrons. The molecule has 0 spiro atoms. The summed E-state index contributed by atoms with van der Waals surface area (Å²) in [7, 11) is 0. The average molecular weight is 522 g/mol. The molecule has 1 aromatic carbocycles. The van der Waals surface area contributed by atoms with Crippen molar-refractivity contribution in [3.63, 3.8) is 0 Å². The van der Waals surface area contributed by atoms with Gasteiger partial charge in [0.1, 0.15) is 5.82 Å². The van der Waals surface area contributed by atoms with Crippen LogP contribution in [0.1, 0.15) is 25.7 Å². The molecule has 2 saturated heterocycles. The quantitative estimate of drug-likeness (QED) is 0.370. The molecule has 0 N–H and O–H groups in total. The summed E-state index contributed by atoms with van der Waals surface area (Å²) in [5.41, 5.74) is 2.96. The number of benzene rings is 1. The lowest BCUT2D eigenvalue weighted by atomic mass is 9.97. The predicted octanol–water partition coefficient (Wildman–Crippen LogP) is 5.33. The molecule has 4 aliphatic rings. The Balaban J connectivity index is 1.39. The van der Waals surface area contributed by atoms with E-state index in [9.17, 15) is 0 Å². The van der Waals surface area contributed by atoms with Crippen LogP contribution in [0.15, 0.2) is 57.6 Å². The van der Waals surface area contributed by atoms with Gasteiger partial charge in [0, 0.05) is 42.4 Å². The average Bonchev–Trinajstić information content (AvgIpc) is 3.37. The maximum atomic E-state index is 6.22. The third kappa shape index (κ3) is 4.49. The third-order valence-electron chi connectivity index (χ3n) is 7.01. The maximum Gasteiger partial charge on any atom is 0.250 e. The second-order valence-electron chi connectivity index (χ2n) is 9.27. The van der Waals surface area contributed by atoms with E-state index < -0.39 is 0 Å². The minimum absolute atomic E-state index is 0.294. The summed E-state index contributed by atoms with van der Waals surface area (Å²) >= 11 is 3.64. The zero-order chi connectivity index (χ0) is 22.9. The van der Waals surface area contributed by atoms with Crippen LogP contribution >= 0.6 is 15.9 Å². The van der Waals surface area contributed by atoms with E-state index >= 15 is 0 Å². The van der Waals surface area contributed by atoms with Crippen molar-refractivity contribution >= 4 is 27.4 Å². The zero-order valence-corrected chi connectivity index (χ0v) is 20.7. The molecule has 34 heavy (non-hydrogen) atoms. The van der Waals surface area contributed by atoms with Gasteiger partial charge in [0.2, 0.25) is 11.8 Å². The molecular weight excluding hydrogens is 494 g/mol. The molecule has 8 heteroatoms. The van der Waals surface area contributed by atoms with Crippen molar-refractivity contribution in [2.45, 2.75) is 31.8 Å². The highest BCUT2D eigenvalue weighted by atomic mass is 79.9. The Morgan fingerprint density at radius 1 is 0.941 bits per heavy atom. The molecule has 6 heterocycles. The first-order chi connectivity index (χ1) is 16.7. The number of pyridine rings is 1. The topological polar surface area (TPSA) is 67.5 Å². The van der Waals surface area contributed by atoms with Gasteiger partial charge in [-0.25, -0.2) is 4.98 Å². The van der Waals surface area contributed by atoms with Crippen LogP contribution in [0.2, 0.25) is 0 Å². The smallest absolute Gasteiger partial charge is 0.250 e. The largest absolute Gasteiger partial charge is 0.416 e. The van der Waals surface area contributed by atoms with Crippen molar-refractivity contribution < 1.29 is 9.15 Å². The minimum Gasteiger partial charge on any atom is -0.416 e. The summed E-state index contributed by atoms with van der Waals surface area (Å²) < 4.78 is 13.5. The summed E-state index contributed by atoms with van der Waals surface area (Å²) in [6.07, 6.45) is 11.0. The monoisotopic (exact) mass is 521 g/mol. The number of nitrogens with zero attached hydrogens (tertiary/aromatic N) is 5. The predicted molar refractivity (Wildman–Crippen MR) is 136 cm³/mol. The molecule has 0 amide bonds. The van der Waals surface area contributed by atoms with Gasteiger partial charge in [-0.05, 0) is 61.9 Å². The SMILES string of the molecule is Brc1ccc2c(c1)N1CCC(CC1)OC/C=C/C1CCCN(C1)c1cc(ccn1)-c1nnc-2o1. The zero-order valence-electron chi connectivity index (χ0n) is 19.1. The first kappa shape index (κ1) is 21.8. The molecule has 3 aromatic rings. The van der Waals surface area contributed by atoms with Gasteiger partial charge >= 0.3 is 0 Å². The molecule has 7 rings (SSSR count). The van der Waals surface area contributed by atoms with Gasteiger partial charge in [0.15, 0.2) is 0 Å². The summed E-state index contributed by atoms with van der Waals surface area (Å²) in [6, 6.07) is 10.2. The summed E-state index contributed by atoms with van der Waals surface area (Å²) in [5.74, 6) is 2.52. The normalized spacial score (nSPS) is 23.6. The fraction of sp³-hybridized carbons (Fsp3) is 0.423. The van der Waals surface area contributed by atoms with E-state index in [-0.39, 0.29) is 0 Å². The summed E-state index contributed by atoms with van der Waals surface area (Å²) in [6.45, 7) is 4.52. The van der Waals surface area contributed by atoms with Gasteiger partial charge in [-0.1, -0.05) is 28.1 Å².